The Hall–Kier alpha value is -2.94. The minimum atomic E-state index is -1.13. The van der Waals surface area contributed by atoms with E-state index in [4.69, 9.17) is 4.74 Å². The molecule has 1 spiro atoms. The number of benzene rings is 2. The van der Waals surface area contributed by atoms with E-state index in [9.17, 15) is 27.2 Å². The lowest BCUT2D eigenvalue weighted by Crippen LogP contribution is -2.51. The Bertz CT molecular complexity index is 1080. The number of nitrogens with zero attached hydrogens (tertiary/aromatic N) is 2. The molecule has 2 aromatic rings. The van der Waals surface area contributed by atoms with Crippen molar-refractivity contribution in [1.82, 2.24) is 9.80 Å². The maximum Gasteiger partial charge on any atom is 0.257 e. The second kappa shape index (κ2) is 7.58. The number of hydrogen-bond donors (Lipinski definition) is 0. The van der Waals surface area contributed by atoms with Gasteiger partial charge in [0.1, 0.15) is 29.5 Å². The van der Waals surface area contributed by atoms with Crippen LogP contribution in [-0.4, -0.2) is 46.5 Å². The summed E-state index contributed by atoms with van der Waals surface area (Å²) in [6, 6.07) is 5.45. The van der Waals surface area contributed by atoms with Crippen LogP contribution in [0.15, 0.2) is 36.4 Å². The first-order chi connectivity index (χ1) is 15.3. The highest BCUT2D eigenvalue weighted by molar-refractivity contribution is 5.95. The van der Waals surface area contributed by atoms with Gasteiger partial charge in [-0.15, -0.1) is 0 Å². The molecule has 3 fully saturated rings. The summed E-state index contributed by atoms with van der Waals surface area (Å²) in [6.45, 7) is 0.278. The van der Waals surface area contributed by atoms with Gasteiger partial charge >= 0.3 is 0 Å². The first-order valence-electron chi connectivity index (χ1n) is 10.5. The van der Waals surface area contributed by atoms with Gasteiger partial charge in [0, 0.05) is 32.0 Å². The first kappa shape index (κ1) is 20.9. The van der Waals surface area contributed by atoms with Crippen molar-refractivity contribution >= 4 is 11.8 Å². The van der Waals surface area contributed by atoms with Crippen molar-refractivity contribution in [2.24, 2.45) is 0 Å². The Kier molecular flexibility index (Phi) is 4.96. The lowest BCUT2D eigenvalue weighted by Gasteiger charge is -2.37. The van der Waals surface area contributed by atoms with Crippen LogP contribution >= 0.6 is 0 Å². The molecule has 0 saturated carbocycles. The van der Waals surface area contributed by atoms with Crippen molar-refractivity contribution in [3.63, 3.8) is 0 Å². The van der Waals surface area contributed by atoms with Crippen LogP contribution in [0, 0.1) is 23.3 Å². The summed E-state index contributed by atoms with van der Waals surface area (Å²) in [7, 11) is 0. The predicted octanol–water partition coefficient (Wildman–Crippen LogP) is 3.94. The molecule has 3 heterocycles. The van der Waals surface area contributed by atoms with E-state index in [0.29, 0.717) is 18.4 Å². The molecule has 2 atom stereocenters. The largest absolute Gasteiger partial charge is 0.342 e. The third kappa shape index (κ3) is 3.35. The monoisotopic (exact) mass is 448 g/mol. The molecular weight excluding hydrogens is 428 g/mol. The minimum Gasteiger partial charge on any atom is -0.342 e. The Morgan fingerprint density at radius 3 is 2.31 bits per heavy atom. The number of hydrogen-bond acceptors (Lipinski definition) is 3. The Labute approximate surface area is 181 Å². The maximum absolute atomic E-state index is 14.0. The third-order valence-electron chi connectivity index (χ3n) is 6.61. The molecule has 5 nitrogen and oxygen atoms in total. The summed E-state index contributed by atoms with van der Waals surface area (Å²) < 4.78 is 61.0. The van der Waals surface area contributed by atoms with Crippen LogP contribution in [0.2, 0.25) is 0 Å². The molecule has 3 aliphatic rings. The molecule has 0 bridgehead atoms. The topological polar surface area (TPSA) is 49.9 Å². The standard InChI is InChI=1S/C23H20F4N2O3/c24-14-1-2-18(27)17(12-14)21(30)28-7-5-23(6-8-28)22(31)29-19(3-4-20(29)32-23)13-9-15(25)11-16(26)10-13/h1-2,9-12,19-20H,3-8H2/t19-,20+/m0/s1. The smallest absolute Gasteiger partial charge is 0.257 e. The second-order valence-electron chi connectivity index (χ2n) is 8.49. The molecule has 9 heteroatoms. The Morgan fingerprint density at radius 1 is 0.938 bits per heavy atom. The summed E-state index contributed by atoms with van der Waals surface area (Å²) in [5.74, 6) is -3.84. The van der Waals surface area contributed by atoms with E-state index < -0.39 is 47.0 Å². The van der Waals surface area contributed by atoms with Crippen molar-refractivity contribution < 1.29 is 31.9 Å². The highest BCUT2D eigenvalue weighted by atomic mass is 19.1. The zero-order valence-corrected chi connectivity index (χ0v) is 17.0. The number of rotatable bonds is 2. The molecule has 0 unspecified atom stereocenters. The van der Waals surface area contributed by atoms with Gasteiger partial charge in [-0.2, -0.15) is 0 Å². The molecule has 0 aromatic heterocycles. The number of piperidine rings is 1. The molecule has 2 amide bonds. The number of likely N-dealkylation sites (tertiary alicyclic amines) is 1. The molecule has 0 radical (unpaired) electrons. The van der Waals surface area contributed by atoms with Crippen LogP contribution in [0.1, 0.15) is 47.6 Å². The molecule has 3 aliphatic heterocycles. The summed E-state index contributed by atoms with van der Waals surface area (Å²) in [5, 5.41) is 0. The van der Waals surface area contributed by atoms with Gasteiger partial charge in [0.2, 0.25) is 0 Å². The van der Waals surface area contributed by atoms with Crippen molar-refractivity contribution in [2.45, 2.75) is 43.6 Å². The molecular formula is C23H20F4N2O3. The van der Waals surface area contributed by atoms with Crippen LogP contribution < -0.4 is 0 Å². The van der Waals surface area contributed by atoms with Crippen molar-refractivity contribution in [3.8, 4) is 0 Å². The average molecular weight is 448 g/mol. The van der Waals surface area contributed by atoms with E-state index in [2.05, 4.69) is 0 Å². The zero-order chi connectivity index (χ0) is 22.6. The summed E-state index contributed by atoms with van der Waals surface area (Å²) in [6.07, 6.45) is 0.964. The van der Waals surface area contributed by atoms with Gasteiger partial charge in [0.15, 0.2) is 5.60 Å². The number of carbonyl (C=O) groups excluding carboxylic acids is 2. The lowest BCUT2D eigenvalue weighted by atomic mass is 9.89. The quantitative estimate of drug-likeness (QED) is 0.654. The first-order valence-corrected chi connectivity index (χ1v) is 10.5. The van der Waals surface area contributed by atoms with Gasteiger partial charge in [-0.05, 0) is 48.7 Å². The SMILES string of the molecule is O=C(c1cc(F)ccc1F)N1CCC2(CC1)O[C@@H]1CC[C@@H](c3cc(F)cc(F)c3)N1C2=O. The fourth-order valence-electron chi connectivity index (χ4n) is 5.04. The highest BCUT2D eigenvalue weighted by Crippen LogP contribution is 2.47. The Balaban J connectivity index is 1.32. The number of amides is 2. The predicted molar refractivity (Wildman–Crippen MR) is 104 cm³/mol. The van der Waals surface area contributed by atoms with Gasteiger partial charge in [-0.3, -0.25) is 9.59 Å². The van der Waals surface area contributed by atoms with Gasteiger partial charge in [-0.1, -0.05) is 0 Å². The summed E-state index contributed by atoms with van der Waals surface area (Å²) >= 11 is 0. The van der Waals surface area contributed by atoms with E-state index in [1.165, 1.54) is 17.0 Å². The van der Waals surface area contributed by atoms with Crippen molar-refractivity contribution in [1.29, 1.82) is 0 Å². The Morgan fingerprint density at radius 2 is 1.62 bits per heavy atom. The third-order valence-corrected chi connectivity index (χ3v) is 6.61. The lowest BCUT2D eigenvalue weighted by molar-refractivity contribution is -0.142. The molecule has 3 saturated heterocycles. The minimum absolute atomic E-state index is 0.139. The van der Waals surface area contributed by atoms with E-state index >= 15 is 0 Å². The number of carbonyl (C=O) groups is 2. The van der Waals surface area contributed by atoms with Crippen molar-refractivity contribution in [3.05, 3.63) is 70.8 Å². The fraction of sp³-hybridized carbons (Fsp3) is 0.391. The molecule has 0 aliphatic carbocycles. The number of halogens is 4. The molecule has 32 heavy (non-hydrogen) atoms. The number of ether oxygens (including phenoxy) is 1. The van der Waals surface area contributed by atoms with Crippen LogP contribution in [0.25, 0.3) is 0 Å². The van der Waals surface area contributed by atoms with Crippen LogP contribution in [0.4, 0.5) is 17.6 Å². The molecule has 0 N–H and O–H groups in total. The van der Waals surface area contributed by atoms with E-state index in [0.717, 1.165) is 24.3 Å². The van der Waals surface area contributed by atoms with E-state index in [-0.39, 0.29) is 37.4 Å². The van der Waals surface area contributed by atoms with Crippen molar-refractivity contribution in [2.75, 3.05) is 13.1 Å². The fourth-order valence-corrected chi connectivity index (χ4v) is 5.04. The highest BCUT2D eigenvalue weighted by Gasteiger charge is 2.58. The molecule has 2 aromatic carbocycles. The van der Waals surface area contributed by atoms with Crippen LogP contribution in [-0.2, 0) is 9.53 Å². The van der Waals surface area contributed by atoms with Gasteiger partial charge in [-0.25, -0.2) is 17.6 Å². The summed E-state index contributed by atoms with van der Waals surface area (Å²) in [4.78, 5) is 29.0. The number of fused-ring (bicyclic) bond motifs is 1. The average Bonchev–Trinajstić information content (AvgIpc) is 3.27. The van der Waals surface area contributed by atoms with Gasteiger partial charge in [0.05, 0.1) is 11.6 Å². The van der Waals surface area contributed by atoms with Gasteiger partial charge < -0.3 is 14.5 Å². The summed E-state index contributed by atoms with van der Waals surface area (Å²) in [5.41, 5.74) is -1.10. The van der Waals surface area contributed by atoms with E-state index in [1.54, 1.807) is 4.90 Å². The maximum atomic E-state index is 14.0. The zero-order valence-electron chi connectivity index (χ0n) is 17.0. The molecule has 5 rings (SSSR count). The van der Waals surface area contributed by atoms with Gasteiger partial charge in [0.25, 0.3) is 11.8 Å². The van der Waals surface area contributed by atoms with Crippen LogP contribution in [0.5, 0.6) is 0 Å². The second-order valence-corrected chi connectivity index (χ2v) is 8.49. The molecule has 168 valence electrons. The normalized spacial score (nSPS) is 24.3. The van der Waals surface area contributed by atoms with E-state index in [1.807, 2.05) is 0 Å². The van der Waals surface area contributed by atoms with Crippen LogP contribution in [0.3, 0.4) is 0 Å².